The molecule has 1 saturated carbocycles. The Morgan fingerprint density at radius 2 is 1.85 bits per heavy atom. The third-order valence-corrected chi connectivity index (χ3v) is 7.51. The van der Waals surface area contributed by atoms with Gasteiger partial charge in [-0.2, -0.15) is 0 Å². The van der Waals surface area contributed by atoms with Gasteiger partial charge in [0.25, 0.3) is 11.8 Å². The fraction of sp³-hybridized carbons (Fsp3) is 0.500. The van der Waals surface area contributed by atoms with E-state index in [0.29, 0.717) is 35.4 Å². The molecule has 0 spiro atoms. The number of carbonyl (C=O) groups excluding carboxylic acids is 2. The van der Waals surface area contributed by atoms with Crippen LogP contribution in [-0.4, -0.2) is 60.5 Å². The SMILES string of the molecule is CN(C)C(=O)c1ccc(N2CCC([C@@H]3C[C@H]3CNC(=O)[C@@](C)(O)c3ccccc3)CC2)nc1Cl. The number of hydrogen-bond acceptors (Lipinski definition) is 5. The van der Waals surface area contributed by atoms with Crippen molar-refractivity contribution in [2.24, 2.45) is 17.8 Å². The fourth-order valence-corrected chi connectivity index (χ4v) is 5.16. The van der Waals surface area contributed by atoms with Crippen molar-refractivity contribution in [3.05, 3.63) is 58.7 Å². The van der Waals surface area contributed by atoms with Crippen LogP contribution >= 0.6 is 11.6 Å². The topological polar surface area (TPSA) is 85.8 Å². The van der Waals surface area contributed by atoms with Gasteiger partial charge in [-0.15, -0.1) is 0 Å². The van der Waals surface area contributed by atoms with E-state index in [4.69, 9.17) is 11.6 Å². The molecule has 2 amide bonds. The van der Waals surface area contributed by atoms with Crippen LogP contribution in [0, 0.1) is 17.8 Å². The molecule has 2 heterocycles. The van der Waals surface area contributed by atoms with Crippen LogP contribution < -0.4 is 10.2 Å². The van der Waals surface area contributed by atoms with Gasteiger partial charge in [0.1, 0.15) is 11.0 Å². The molecular formula is C26H33ClN4O3. The normalized spacial score (nSPS) is 22.1. The van der Waals surface area contributed by atoms with Gasteiger partial charge >= 0.3 is 0 Å². The summed E-state index contributed by atoms with van der Waals surface area (Å²) in [6.45, 7) is 3.94. The molecule has 2 fully saturated rings. The molecule has 2 aliphatic rings. The second-order valence-corrected chi connectivity index (χ2v) is 10.2. The molecular weight excluding hydrogens is 452 g/mol. The largest absolute Gasteiger partial charge is 0.376 e. The minimum absolute atomic E-state index is 0.153. The summed E-state index contributed by atoms with van der Waals surface area (Å²) in [5.41, 5.74) is -0.516. The first-order valence-electron chi connectivity index (χ1n) is 11.9. The predicted molar refractivity (Wildman–Crippen MR) is 133 cm³/mol. The van der Waals surface area contributed by atoms with E-state index in [9.17, 15) is 14.7 Å². The molecule has 2 N–H and O–H groups in total. The number of aromatic nitrogens is 1. The Kier molecular flexibility index (Phi) is 7.14. The van der Waals surface area contributed by atoms with E-state index in [1.54, 1.807) is 39.2 Å². The summed E-state index contributed by atoms with van der Waals surface area (Å²) in [5.74, 6) is 2.01. The van der Waals surface area contributed by atoms with E-state index in [1.807, 2.05) is 24.3 Å². The van der Waals surface area contributed by atoms with Crippen LogP contribution in [0.4, 0.5) is 5.82 Å². The van der Waals surface area contributed by atoms with Gasteiger partial charge in [0.15, 0.2) is 5.60 Å². The minimum Gasteiger partial charge on any atom is -0.376 e. The lowest BCUT2D eigenvalue weighted by Gasteiger charge is -2.33. The zero-order valence-corrected chi connectivity index (χ0v) is 20.8. The van der Waals surface area contributed by atoms with Gasteiger partial charge in [-0.25, -0.2) is 4.98 Å². The lowest BCUT2D eigenvalue weighted by molar-refractivity contribution is -0.139. The highest BCUT2D eigenvalue weighted by Crippen LogP contribution is 2.47. The van der Waals surface area contributed by atoms with Crippen LogP contribution in [0.2, 0.25) is 5.15 Å². The molecule has 1 saturated heterocycles. The molecule has 2 aromatic rings. The van der Waals surface area contributed by atoms with Gasteiger partial charge in [0.05, 0.1) is 5.56 Å². The molecule has 1 aromatic carbocycles. The van der Waals surface area contributed by atoms with Crippen molar-refractivity contribution in [1.82, 2.24) is 15.2 Å². The quantitative estimate of drug-likeness (QED) is 0.589. The number of piperidine rings is 1. The van der Waals surface area contributed by atoms with Crippen molar-refractivity contribution in [3.63, 3.8) is 0 Å². The Morgan fingerprint density at radius 1 is 1.18 bits per heavy atom. The highest BCUT2D eigenvalue weighted by molar-refractivity contribution is 6.32. The lowest BCUT2D eigenvalue weighted by atomic mass is 9.90. The molecule has 0 unspecified atom stereocenters. The van der Waals surface area contributed by atoms with Crippen molar-refractivity contribution < 1.29 is 14.7 Å². The van der Waals surface area contributed by atoms with E-state index in [0.717, 1.165) is 38.2 Å². The van der Waals surface area contributed by atoms with Gasteiger partial charge < -0.3 is 20.2 Å². The van der Waals surface area contributed by atoms with Crippen LogP contribution in [0.25, 0.3) is 0 Å². The number of hydrogen-bond donors (Lipinski definition) is 2. The second kappa shape index (κ2) is 9.92. The Balaban J connectivity index is 1.25. The monoisotopic (exact) mass is 484 g/mol. The lowest BCUT2D eigenvalue weighted by Crippen LogP contribution is -2.43. The van der Waals surface area contributed by atoms with E-state index in [-0.39, 0.29) is 17.0 Å². The molecule has 1 aromatic heterocycles. The molecule has 3 atom stereocenters. The van der Waals surface area contributed by atoms with Gasteiger partial charge in [-0.05, 0) is 61.6 Å². The zero-order valence-electron chi connectivity index (χ0n) is 20.0. The van der Waals surface area contributed by atoms with Gasteiger partial charge in [-0.3, -0.25) is 9.59 Å². The number of aliphatic hydroxyl groups is 1. The number of rotatable bonds is 7. The number of amides is 2. The highest BCUT2D eigenvalue weighted by atomic mass is 35.5. The van der Waals surface area contributed by atoms with Gasteiger partial charge in [0, 0.05) is 33.7 Å². The van der Waals surface area contributed by atoms with Crippen molar-refractivity contribution >= 4 is 29.2 Å². The zero-order chi connectivity index (χ0) is 24.5. The number of halogens is 1. The number of anilines is 1. The van der Waals surface area contributed by atoms with Crippen LogP contribution in [-0.2, 0) is 10.4 Å². The Labute approximate surface area is 206 Å². The van der Waals surface area contributed by atoms with Crippen LogP contribution in [0.15, 0.2) is 42.5 Å². The molecule has 34 heavy (non-hydrogen) atoms. The predicted octanol–water partition coefficient (Wildman–Crippen LogP) is 3.31. The van der Waals surface area contributed by atoms with Crippen molar-refractivity contribution in [1.29, 1.82) is 0 Å². The third-order valence-electron chi connectivity index (χ3n) is 7.22. The molecule has 1 aliphatic carbocycles. The molecule has 0 bridgehead atoms. The molecule has 7 nitrogen and oxygen atoms in total. The standard InChI is InChI=1S/C26H33ClN4O3/c1-26(34,19-7-5-4-6-8-19)25(33)28-16-18-15-21(18)17-11-13-31(14-12-17)22-10-9-20(23(27)29-22)24(32)30(2)3/h4-10,17-18,21,34H,11-16H2,1-3H3,(H,28,33)/t18-,21-,26-/m0/s1. The number of benzene rings is 1. The van der Waals surface area contributed by atoms with E-state index in [1.165, 1.54) is 4.90 Å². The minimum atomic E-state index is -1.53. The molecule has 4 rings (SSSR count). The maximum absolute atomic E-state index is 12.6. The van der Waals surface area contributed by atoms with Crippen LogP contribution in [0.1, 0.15) is 42.1 Å². The molecule has 1 aliphatic heterocycles. The van der Waals surface area contributed by atoms with Gasteiger partial charge in [0.2, 0.25) is 0 Å². The summed E-state index contributed by atoms with van der Waals surface area (Å²) in [6.07, 6.45) is 3.24. The Bertz CT molecular complexity index is 1040. The van der Waals surface area contributed by atoms with Crippen molar-refractivity contribution in [3.8, 4) is 0 Å². The maximum atomic E-state index is 12.6. The molecule has 8 heteroatoms. The Hall–Kier alpha value is -2.64. The first kappa shape index (κ1) is 24.5. The van der Waals surface area contributed by atoms with Crippen LogP contribution in [0.3, 0.4) is 0 Å². The van der Waals surface area contributed by atoms with E-state index >= 15 is 0 Å². The van der Waals surface area contributed by atoms with Crippen molar-refractivity contribution in [2.45, 2.75) is 31.8 Å². The van der Waals surface area contributed by atoms with Gasteiger partial charge in [-0.1, -0.05) is 41.9 Å². The molecule has 0 radical (unpaired) electrons. The molecule has 182 valence electrons. The average molecular weight is 485 g/mol. The summed E-state index contributed by atoms with van der Waals surface area (Å²) >= 11 is 6.29. The van der Waals surface area contributed by atoms with E-state index in [2.05, 4.69) is 15.2 Å². The van der Waals surface area contributed by atoms with E-state index < -0.39 is 5.60 Å². The first-order valence-corrected chi connectivity index (χ1v) is 12.3. The number of carbonyl (C=O) groups is 2. The average Bonchev–Trinajstić information content (AvgIpc) is 3.62. The smallest absolute Gasteiger partial charge is 0.256 e. The Morgan fingerprint density at radius 3 is 2.47 bits per heavy atom. The van der Waals surface area contributed by atoms with Crippen LogP contribution in [0.5, 0.6) is 0 Å². The summed E-state index contributed by atoms with van der Waals surface area (Å²) in [4.78, 5) is 33.0. The fourth-order valence-electron chi connectivity index (χ4n) is 4.93. The number of nitrogens with one attached hydrogen (secondary N) is 1. The summed E-state index contributed by atoms with van der Waals surface area (Å²) in [5, 5.41) is 13.9. The second-order valence-electron chi connectivity index (χ2n) is 9.84. The van der Waals surface area contributed by atoms with Crippen molar-refractivity contribution in [2.75, 3.05) is 38.6 Å². The summed E-state index contributed by atoms with van der Waals surface area (Å²) in [7, 11) is 3.39. The highest BCUT2D eigenvalue weighted by Gasteiger charge is 2.44. The maximum Gasteiger partial charge on any atom is 0.256 e. The summed E-state index contributed by atoms with van der Waals surface area (Å²) < 4.78 is 0. The number of nitrogens with zero attached hydrogens (tertiary/aromatic N) is 3. The third kappa shape index (κ3) is 5.20. The summed E-state index contributed by atoms with van der Waals surface area (Å²) in [6, 6.07) is 12.7. The number of pyridine rings is 1. The first-order chi connectivity index (χ1) is 16.2.